The largest absolute Gasteiger partial charge is 0.494 e. The van der Waals surface area contributed by atoms with Gasteiger partial charge in [0.2, 0.25) is 5.88 Å². The van der Waals surface area contributed by atoms with E-state index in [1.807, 2.05) is 44.2 Å². The van der Waals surface area contributed by atoms with Gasteiger partial charge in [0.05, 0.1) is 32.1 Å². The maximum absolute atomic E-state index is 6.10. The molecule has 0 aliphatic heterocycles. The molecule has 0 radical (unpaired) electrons. The van der Waals surface area contributed by atoms with Crippen LogP contribution in [0, 0.1) is 0 Å². The molecule has 0 saturated heterocycles. The van der Waals surface area contributed by atoms with E-state index in [-0.39, 0.29) is 29.9 Å². The number of halogens is 1. The third-order valence-corrected chi connectivity index (χ3v) is 3.83. The predicted octanol–water partition coefficient (Wildman–Crippen LogP) is 4.60. The zero-order valence-electron chi connectivity index (χ0n) is 17.3. The number of hydrogen-bond donors (Lipinski definition) is 2. The predicted molar refractivity (Wildman–Crippen MR) is 128 cm³/mol. The van der Waals surface area contributed by atoms with Gasteiger partial charge < -0.3 is 25.3 Å². The Labute approximate surface area is 190 Å². The van der Waals surface area contributed by atoms with Gasteiger partial charge in [-0.1, -0.05) is 19.4 Å². The van der Waals surface area contributed by atoms with Crippen molar-refractivity contribution in [1.29, 1.82) is 0 Å². The van der Waals surface area contributed by atoms with E-state index in [0.29, 0.717) is 43.7 Å². The van der Waals surface area contributed by atoms with Crippen LogP contribution in [0.3, 0.4) is 0 Å². The third-order valence-electron chi connectivity index (χ3n) is 3.83. The fraction of sp³-hybridized carbons (Fsp3) is 0.429. The van der Waals surface area contributed by atoms with E-state index >= 15 is 0 Å². The number of benzene rings is 1. The fourth-order valence-electron chi connectivity index (χ4n) is 2.48. The Balaban J connectivity index is 0.00000420. The van der Waals surface area contributed by atoms with Gasteiger partial charge in [-0.15, -0.1) is 24.0 Å². The Morgan fingerprint density at radius 3 is 2.62 bits per heavy atom. The Morgan fingerprint density at radius 2 is 1.90 bits per heavy atom. The van der Waals surface area contributed by atoms with Crippen LogP contribution in [0.4, 0.5) is 5.69 Å². The van der Waals surface area contributed by atoms with Crippen LogP contribution >= 0.6 is 24.0 Å². The minimum Gasteiger partial charge on any atom is -0.494 e. The Kier molecular flexibility index (Phi) is 11.9. The maximum atomic E-state index is 6.10. The van der Waals surface area contributed by atoms with Gasteiger partial charge in [0, 0.05) is 17.8 Å². The first kappa shape index (κ1) is 24.8. The number of nitrogens with zero attached hydrogens (tertiary/aromatic N) is 2. The summed E-state index contributed by atoms with van der Waals surface area (Å²) in [6.07, 6.45) is 3.77. The summed E-state index contributed by atoms with van der Waals surface area (Å²) < 4.78 is 16.9. The molecule has 7 nitrogen and oxygen atoms in total. The number of guanidine groups is 1. The fourth-order valence-corrected chi connectivity index (χ4v) is 2.48. The summed E-state index contributed by atoms with van der Waals surface area (Å²) in [5.74, 6) is 2.30. The van der Waals surface area contributed by atoms with Gasteiger partial charge in [0.15, 0.2) is 5.96 Å². The first-order valence-electron chi connectivity index (χ1n) is 9.71. The molecule has 160 valence electrons. The quantitative estimate of drug-likeness (QED) is 0.197. The van der Waals surface area contributed by atoms with Crippen molar-refractivity contribution >= 4 is 35.6 Å². The number of anilines is 1. The van der Waals surface area contributed by atoms with Crippen LogP contribution in [-0.4, -0.2) is 30.8 Å². The molecule has 2 rings (SSSR count). The highest BCUT2D eigenvalue weighted by atomic mass is 127. The Hall–Kier alpha value is -2.23. The van der Waals surface area contributed by atoms with Crippen LogP contribution in [0.5, 0.6) is 17.4 Å². The minimum absolute atomic E-state index is 0. The Bertz CT molecular complexity index is 771. The summed E-state index contributed by atoms with van der Waals surface area (Å²) >= 11 is 0. The molecule has 0 aliphatic carbocycles. The van der Waals surface area contributed by atoms with Crippen LogP contribution in [-0.2, 0) is 6.54 Å². The van der Waals surface area contributed by atoms with E-state index in [2.05, 4.69) is 22.2 Å². The lowest BCUT2D eigenvalue weighted by molar-refractivity contribution is 0.294. The van der Waals surface area contributed by atoms with Gasteiger partial charge >= 0.3 is 0 Å². The molecule has 1 aromatic carbocycles. The van der Waals surface area contributed by atoms with Gasteiger partial charge in [-0.25, -0.2) is 9.98 Å². The van der Waals surface area contributed by atoms with E-state index in [1.54, 1.807) is 6.20 Å². The van der Waals surface area contributed by atoms with E-state index in [4.69, 9.17) is 19.9 Å². The van der Waals surface area contributed by atoms with Crippen molar-refractivity contribution < 1.29 is 14.2 Å². The second-order valence-corrected chi connectivity index (χ2v) is 6.02. The first-order valence-corrected chi connectivity index (χ1v) is 9.71. The summed E-state index contributed by atoms with van der Waals surface area (Å²) in [5.41, 5.74) is 7.69. The number of nitrogens with one attached hydrogen (secondary N) is 1. The normalized spacial score (nSPS) is 10.8. The number of rotatable bonds is 11. The molecular formula is C21H31IN4O3. The molecule has 1 aromatic heterocycles. The molecular weight excluding hydrogens is 483 g/mol. The molecule has 0 saturated carbocycles. The summed E-state index contributed by atoms with van der Waals surface area (Å²) in [5, 5.41) is 3.10. The first-order chi connectivity index (χ1) is 13.7. The molecule has 0 fully saturated rings. The number of hydrogen-bond acceptors (Lipinski definition) is 5. The van der Waals surface area contributed by atoms with Gasteiger partial charge in [-0.05, 0) is 38.5 Å². The number of ether oxygens (including phenoxy) is 3. The van der Waals surface area contributed by atoms with Crippen LogP contribution in [0.2, 0.25) is 0 Å². The van der Waals surface area contributed by atoms with Gasteiger partial charge in [0.1, 0.15) is 11.5 Å². The molecule has 1 heterocycles. The topological polar surface area (TPSA) is 91.0 Å². The summed E-state index contributed by atoms with van der Waals surface area (Å²) in [7, 11) is 0. The van der Waals surface area contributed by atoms with Crippen molar-refractivity contribution in [2.24, 2.45) is 10.7 Å². The van der Waals surface area contributed by atoms with E-state index in [1.165, 1.54) is 0 Å². The molecule has 2 aromatic rings. The van der Waals surface area contributed by atoms with Crippen molar-refractivity contribution in [1.82, 2.24) is 4.98 Å². The van der Waals surface area contributed by atoms with Crippen molar-refractivity contribution in [3.05, 3.63) is 42.1 Å². The number of unbranched alkanes of at least 4 members (excludes halogenated alkanes) is 1. The van der Waals surface area contributed by atoms with Crippen LogP contribution < -0.4 is 25.3 Å². The summed E-state index contributed by atoms with van der Waals surface area (Å²) in [4.78, 5) is 8.72. The van der Waals surface area contributed by atoms with Crippen molar-refractivity contribution in [3.63, 3.8) is 0 Å². The number of aromatic nitrogens is 1. The molecule has 3 N–H and O–H groups in total. The zero-order valence-corrected chi connectivity index (χ0v) is 19.6. The molecule has 0 aliphatic rings. The standard InChI is InChI=1S/C21H30N4O3.HI/c1-4-7-13-28-20-16(9-8-12-23-20)15-24-21(22)25-18-14-17(26-5-2)10-11-19(18)27-6-3;/h8-12,14H,4-7,13,15H2,1-3H3,(H3,22,24,25);1H. The number of pyridine rings is 1. The minimum atomic E-state index is 0. The Morgan fingerprint density at radius 1 is 1.10 bits per heavy atom. The highest BCUT2D eigenvalue weighted by Crippen LogP contribution is 2.29. The van der Waals surface area contributed by atoms with E-state index in [9.17, 15) is 0 Å². The van der Waals surface area contributed by atoms with Crippen LogP contribution in [0.15, 0.2) is 41.5 Å². The average Bonchev–Trinajstić information content (AvgIpc) is 2.70. The molecule has 29 heavy (non-hydrogen) atoms. The van der Waals surface area contributed by atoms with Gasteiger partial charge in [-0.3, -0.25) is 0 Å². The molecule has 0 bridgehead atoms. The number of nitrogens with two attached hydrogens (primary N) is 1. The van der Waals surface area contributed by atoms with Crippen LogP contribution in [0.1, 0.15) is 39.2 Å². The van der Waals surface area contributed by atoms with Crippen molar-refractivity contribution in [2.75, 3.05) is 25.1 Å². The molecule has 0 atom stereocenters. The lowest BCUT2D eigenvalue weighted by atomic mass is 10.2. The number of aliphatic imine (C=N–C) groups is 1. The molecule has 0 amide bonds. The van der Waals surface area contributed by atoms with Gasteiger partial charge in [-0.2, -0.15) is 0 Å². The highest BCUT2D eigenvalue weighted by Gasteiger charge is 2.08. The monoisotopic (exact) mass is 514 g/mol. The summed E-state index contributed by atoms with van der Waals surface area (Å²) in [6.45, 7) is 8.12. The third kappa shape index (κ3) is 8.35. The lowest BCUT2D eigenvalue weighted by Crippen LogP contribution is -2.23. The van der Waals surface area contributed by atoms with E-state index < -0.39 is 0 Å². The SMILES string of the molecule is CCCCOc1ncccc1CN=C(N)Nc1cc(OCC)ccc1OCC.I. The van der Waals surface area contributed by atoms with Crippen LogP contribution in [0.25, 0.3) is 0 Å². The molecule has 8 heteroatoms. The van der Waals surface area contributed by atoms with E-state index in [0.717, 1.165) is 24.2 Å². The van der Waals surface area contributed by atoms with Crippen molar-refractivity contribution in [2.45, 2.75) is 40.2 Å². The summed E-state index contributed by atoms with van der Waals surface area (Å²) in [6, 6.07) is 9.36. The zero-order chi connectivity index (χ0) is 20.2. The maximum Gasteiger partial charge on any atom is 0.218 e. The second kappa shape index (κ2) is 13.9. The lowest BCUT2D eigenvalue weighted by Gasteiger charge is -2.14. The second-order valence-electron chi connectivity index (χ2n) is 6.02. The molecule has 0 unspecified atom stereocenters. The highest BCUT2D eigenvalue weighted by molar-refractivity contribution is 14.0. The molecule has 0 spiro atoms. The smallest absolute Gasteiger partial charge is 0.218 e. The van der Waals surface area contributed by atoms with Gasteiger partial charge in [0.25, 0.3) is 0 Å². The average molecular weight is 514 g/mol. The van der Waals surface area contributed by atoms with Crippen molar-refractivity contribution in [3.8, 4) is 17.4 Å².